The normalized spacial score (nSPS) is 14.1. The molecule has 208 valence electrons. The number of methoxy groups -OCH3 is 1. The number of aryl methyl sites for hydroxylation is 3. The van der Waals surface area contributed by atoms with Crippen LogP contribution in [0.15, 0.2) is 53.7 Å². The lowest BCUT2D eigenvalue weighted by Gasteiger charge is -2.12. The fourth-order valence-corrected chi connectivity index (χ4v) is 7.10. The van der Waals surface area contributed by atoms with Gasteiger partial charge in [-0.1, -0.05) is 84.3 Å². The Balaban J connectivity index is 1.40. The minimum atomic E-state index is -0.446. The van der Waals surface area contributed by atoms with Gasteiger partial charge in [-0.2, -0.15) is 0 Å². The second kappa shape index (κ2) is 12.4. The third kappa shape index (κ3) is 6.18. The van der Waals surface area contributed by atoms with Crippen molar-refractivity contribution < 1.29 is 14.3 Å². The molecule has 0 bridgehead atoms. The standard InChI is InChI=1S/C32H35N3O3S2/c1-19-11-15-22(16-12-19)27-28(23-17-13-20(2)14-18-23)34-32(33-27)39-21(3)29(36)35-30-26(31(37)38-4)24-9-7-5-6-8-10-25(24)40-30/h11-18,21H,5-10H2,1-4H3,(H,33,34)(H,35,36). The van der Waals surface area contributed by atoms with Crippen molar-refractivity contribution in [3.05, 3.63) is 75.7 Å². The van der Waals surface area contributed by atoms with Crippen LogP contribution in [-0.2, 0) is 22.4 Å². The Hall–Kier alpha value is -3.36. The molecule has 1 aliphatic carbocycles. The van der Waals surface area contributed by atoms with Crippen LogP contribution in [0.1, 0.15) is 64.5 Å². The summed E-state index contributed by atoms with van der Waals surface area (Å²) in [6.07, 6.45) is 6.26. The number of benzene rings is 2. The Morgan fingerprint density at radius 3 is 2.23 bits per heavy atom. The van der Waals surface area contributed by atoms with Crippen LogP contribution in [0.5, 0.6) is 0 Å². The molecule has 1 amide bonds. The molecule has 1 aliphatic rings. The van der Waals surface area contributed by atoms with Gasteiger partial charge >= 0.3 is 5.97 Å². The number of hydrogen-bond donors (Lipinski definition) is 2. The summed E-state index contributed by atoms with van der Waals surface area (Å²) >= 11 is 2.89. The third-order valence-corrected chi connectivity index (χ3v) is 9.49. The minimum absolute atomic E-state index is 0.172. The molecule has 0 aliphatic heterocycles. The van der Waals surface area contributed by atoms with Crippen molar-refractivity contribution >= 4 is 40.0 Å². The number of fused-ring (bicyclic) bond motifs is 1. The van der Waals surface area contributed by atoms with E-state index in [9.17, 15) is 9.59 Å². The number of nitrogens with one attached hydrogen (secondary N) is 2. The average molecular weight is 574 g/mol. The van der Waals surface area contributed by atoms with Crippen LogP contribution in [0.4, 0.5) is 5.00 Å². The summed E-state index contributed by atoms with van der Waals surface area (Å²) in [6, 6.07) is 16.6. The second-order valence-corrected chi connectivity index (χ2v) is 12.8. The maximum absolute atomic E-state index is 13.4. The Morgan fingerprint density at radius 1 is 0.950 bits per heavy atom. The first kappa shape index (κ1) is 28.2. The van der Waals surface area contributed by atoms with E-state index in [2.05, 4.69) is 72.7 Å². The van der Waals surface area contributed by atoms with E-state index < -0.39 is 5.25 Å². The van der Waals surface area contributed by atoms with Crippen molar-refractivity contribution in [1.29, 1.82) is 0 Å². The van der Waals surface area contributed by atoms with Gasteiger partial charge in [0.05, 0.1) is 29.3 Å². The topological polar surface area (TPSA) is 84.1 Å². The van der Waals surface area contributed by atoms with E-state index in [1.807, 2.05) is 6.92 Å². The molecule has 0 radical (unpaired) electrons. The molecule has 6 nitrogen and oxygen atoms in total. The molecule has 2 aromatic carbocycles. The maximum Gasteiger partial charge on any atom is 0.341 e. The summed E-state index contributed by atoms with van der Waals surface area (Å²) in [5, 5.41) is 3.87. The van der Waals surface area contributed by atoms with Crippen LogP contribution in [0.2, 0.25) is 0 Å². The molecule has 0 fully saturated rings. The molecule has 2 N–H and O–H groups in total. The van der Waals surface area contributed by atoms with Gasteiger partial charge in [-0.3, -0.25) is 4.79 Å². The highest BCUT2D eigenvalue weighted by atomic mass is 32.2. The van der Waals surface area contributed by atoms with E-state index in [0.29, 0.717) is 15.7 Å². The van der Waals surface area contributed by atoms with Crippen LogP contribution >= 0.6 is 23.1 Å². The Labute approximate surface area is 244 Å². The first-order valence-corrected chi connectivity index (χ1v) is 15.5. The molecule has 0 saturated carbocycles. The highest BCUT2D eigenvalue weighted by molar-refractivity contribution is 8.00. The maximum atomic E-state index is 13.4. The summed E-state index contributed by atoms with van der Waals surface area (Å²) in [7, 11) is 1.40. The molecule has 4 aromatic rings. The van der Waals surface area contributed by atoms with Gasteiger partial charge < -0.3 is 15.0 Å². The minimum Gasteiger partial charge on any atom is -0.465 e. The molecule has 1 atom stereocenters. The number of ether oxygens (including phenoxy) is 1. The number of rotatable bonds is 7. The Kier molecular flexibility index (Phi) is 8.76. The fourth-order valence-electron chi connectivity index (χ4n) is 5.02. The number of nitrogens with zero attached hydrogens (tertiary/aromatic N) is 1. The summed E-state index contributed by atoms with van der Waals surface area (Å²) in [5.41, 5.74) is 7.77. The third-order valence-electron chi connectivity index (χ3n) is 7.30. The summed E-state index contributed by atoms with van der Waals surface area (Å²) < 4.78 is 5.12. The number of hydrogen-bond acceptors (Lipinski definition) is 6. The molecular formula is C32H35N3O3S2. The number of carbonyl (C=O) groups excluding carboxylic acids is 2. The van der Waals surface area contributed by atoms with E-state index in [4.69, 9.17) is 9.72 Å². The van der Waals surface area contributed by atoms with Gasteiger partial charge in [-0.05, 0) is 52.0 Å². The van der Waals surface area contributed by atoms with E-state index in [1.54, 1.807) is 0 Å². The van der Waals surface area contributed by atoms with Gasteiger partial charge in [-0.15, -0.1) is 11.3 Å². The lowest BCUT2D eigenvalue weighted by Crippen LogP contribution is -2.23. The molecular weight excluding hydrogens is 539 g/mol. The molecule has 1 unspecified atom stereocenters. The number of H-pyrrole nitrogens is 1. The molecule has 40 heavy (non-hydrogen) atoms. The zero-order valence-electron chi connectivity index (χ0n) is 23.4. The van der Waals surface area contributed by atoms with E-state index in [0.717, 1.165) is 60.2 Å². The monoisotopic (exact) mass is 573 g/mol. The number of amides is 1. The summed E-state index contributed by atoms with van der Waals surface area (Å²) in [4.78, 5) is 35.8. The largest absolute Gasteiger partial charge is 0.465 e. The van der Waals surface area contributed by atoms with Gasteiger partial charge in [0.1, 0.15) is 5.00 Å². The molecule has 2 aromatic heterocycles. The number of imidazole rings is 1. The smallest absolute Gasteiger partial charge is 0.341 e. The number of carbonyl (C=O) groups is 2. The highest BCUT2D eigenvalue weighted by Crippen LogP contribution is 2.39. The van der Waals surface area contributed by atoms with E-state index in [-0.39, 0.29) is 11.9 Å². The van der Waals surface area contributed by atoms with Crippen molar-refractivity contribution in [2.24, 2.45) is 0 Å². The van der Waals surface area contributed by atoms with E-state index in [1.165, 1.54) is 52.6 Å². The number of esters is 1. The molecule has 0 spiro atoms. The lowest BCUT2D eigenvalue weighted by atomic mass is 9.96. The average Bonchev–Trinajstić information content (AvgIpc) is 3.50. The van der Waals surface area contributed by atoms with Gasteiger partial charge in [0.25, 0.3) is 0 Å². The van der Waals surface area contributed by atoms with Gasteiger partial charge in [0.2, 0.25) is 5.91 Å². The molecule has 8 heteroatoms. The Bertz CT molecular complexity index is 1440. The second-order valence-electron chi connectivity index (χ2n) is 10.4. The predicted molar refractivity (Wildman–Crippen MR) is 164 cm³/mol. The Morgan fingerprint density at radius 2 is 1.57 bits per heavy atom. The SMILES string of the molecule is COC(=O)c1c(NC(=O)C(C)Sc2nc(-c3ccc(C)cc3)c(-c3ccc(C)cc3)[nH]2)sc2c1CCCCCC2. The van der Waals surface area contributed by atoms with Crippen LogP contribution in [-0.4, -0.2) is 34.2 Å². The van der Waals surface area contributed by atoms with Crippen LogP contribution < -0.4 is 5.32 Å². The number of aromatic nitrogens is 2. The molecule has 0 saturated heterocycles. The van der Waals surface area contributed by atoms with Crippen LogP contribution in [0.25, 0.3) is 22.5 Å². The zero-order valence-corrected chi connectivity index (χ0v) is 25.1. The first-order chi connectivity index (χ1) is 19.3. The van der Waals surface area contributed by atoms with Crippen molar-refractivity contribution in [2.45, 2.75) is 69.7 Å². The van der Waals surface area contributed by atoms with Crippen molar-refractivity contribution in [2.75, 3.05) is 12.4 Å². The number of thiophene rings is 1. The summed E-state index contributed by atoms with van der Waals surface area (Å²) in [5.74, 6) is -0.556. The van der Waals surface area contributed by atoms with Gasteiger partial charge in [0.15, 0.2) is 5.16 Å². The predicted octanol–water partition coefficient (Wildman–Crippen LogP) is 7.99. The first-order valence-electron chi connectivity index (χ1n) is 13.8. The number of aromatic amines is 1. The van der Waals surface area contributed by atoms with Gasteiger partial charge in [-0.25, -0.2) is 9.78 Å². The molecule has 2 heterocycles. The van der Waals surface area contributed by atoms with Crippen LogP contribution in [0, 0.1) is 13.8 Å². The van der Waals surface area contributed by atoms with Crippen molar-refractivity contribution in [1.82, 2.24) is 9.97 Å². The lowest BCUT2D eigenvalue weighted by molar-refractivity contribution is -0.115. The van der Waals surface area contributed by atoms with Gasteiger partial charge in [0, 0.05) is 16.0 Å². The van der Waals surface area contributed by atoms with Crippen LogP contribution in [0.3, 0.4) is 0 Å². The van der Waals surface area contributed by atoms with E-state index >= 15 is 0 Å². The molecule has 5 rings (SSSR count). The number of thioether (sulfide) groups is 1. The summed E-state index contributed by atoms with van der Waals surface area (Å²) in [6.45, 7) is 5.99. The highest BCUT2D eigenvalue weighted by Gasteiger charge is 2.28. The van der Waals surface area contributed by atoms with Crippen molar-refractivity contribution in [3.63, 3.8) is 0 Å². The zero-order chi connectivity index (χ0) is 28.2. The number of anilines is 1. The van der Waals surface area contributed by atoms with Crippen molar-refractivity contribution in [3.8, 4) is 22.5 Å². The fraction of sp³-hybridized carbons (Fsp3) is 0.344. The quantitative estimate of drug-likeness (QED) is 0.173.